The SMILES string of the molecule is O=C(c1nc2ccccc2s1)[C@@H]1CCCN1. The summed E-state index contributed by atoms with van der Waals surface area (Å²) in [5.41, 5.74) is 0.925. The Hall–Kier alpha value is -1.26. The molecule has 2 aromatic rings. The highest BCUT2D eigenvalue weighted by Gasteiger charge is 2.25. The first-order valence-electron chi connectivity index (χ1n) is 5.48. The van der Waals surface area contributed by atoms with Crippen LogP contribution in [-0.4, -0.2) is 23.4 Å². The molecule has 82 valence electrons. The zero-order valence-electron chi connectivity index (χ0n) is 8.77. The Bertz CT molecular complexity index is 496. The van der Waals surface area contributed by atoms with Gasteiger partial charge in [-0.1, -0.05) is 12.1 Å². The molecule has 1 saturated heterocycles. The number of carbonyl (C=O) groups excluding carboxylic acids is 1. The fraction of sp³-hybridized carbons (Fsp3) is 0.333. The van der Waals surface area contributed by atoms with Crippen molar-refractivity contribution in [2.75, 3.05) is 6.54 Å². The van der Waals surface area contributed by atoms with E-state index in [2.05, 4.69) is 10.3 Å². The maximum atomic E-state index is 12.1. The van der Waals surface area contributed by atoms with Crippen molar-refractivity contribution in [1.82, 2.24) is 10.3 Å². The molecule has 0 unspecified atom stereocenters. The van der Waals surface area contributed by atoms with Gasteiger partial charge in [-0.15, -0.1) is 11.3 Å². The van der Waals surface area contributed by atoms with E-state index in [1.165, 1.54) is 11.3 Å². The first kappa shape index (κ1) is 9.93. The van der Waals surface area contributed by atoms with Crippen LogP contribution in [0, 0.1) is 0 Å². The van der Waals surface area contributed by atoms with Crippen molar-refractivity contribution in [1.29, 1.82) is 0 Å². The van der Waals surface area contributed by atoms with Crippen LogP contribution in [0.2, 0.25) is 0 Å². The number of rotatable bonds is 2. The number of carbonyl (C=O) groups is 1. The van der Waals surface area contributed by atoms with Gasteiger partial charge in [0.05, 0.1) is 16.3 Å². The third kappa shape index (κ3) is 1.64. The van der Waals surface area contributed by atoms with Gasteiger partial charge >= 0.3 is 0 Å². The quantitative estimate of drug-likeness (QED) is 0.807. The van der Waals surface area contributed by atoms with Gasteiger partial charge in [-0.05, 0) is 31.5 Å². The first-order valence-corrected chi connectivity index (χ1v) is 6.29. The van der Waals surface area contributed by atoms with Gasteiger partial charge in [0.1, 0.15) is 0 Å². The van der Waals surface area contributed by atoms with Gasteiger partial charge in [-0.2, -0.15) is 0 Å². The molecule has 1 aromatic heterocycles. The minimum absolute atomic E-state index is 0.0134. The molecule has 2 heterocycles. The normalized spacial score (nSPS) is 20.4. The van der Waals surface area contributed by atoms with Crippen molar-refractivity contribution in [3.63, 3.8) is 0 Å². The highest BCUT2D eigenvalue weighted by Crippen LogP contribution is 2.23. The van der Waals surface area contributed by atoms with Crippen LogP contribution in [0.4, 0.5) is 0 Å². The van der Waals surface area contributed by atoms with Crippen LogP contribution in [0.5, 0.6) is 0 Å². The minimum Gasteiger partial charge on any atom is -0.307 e. The topological polar surface area (TPSA) is 42.0 Å². The fourth-order valence-electron chi connectivity index (χ4n) is 2.03. The van der Waals surface area contributed by atoms with Gasteiger partial charge in [0.15, 0.2) is 5.01 Å². The summed E-state index contributed by atoms with van der Waals surface area (Å²) in [6.45, 7) is 0.946. The van der Waals surface area contributed by atoms with Gasteiger partial charge < -0.3 is 5.32 Å². The van der Waals surface area contributed by atoms with Crippen molar-refractivity contribution >= 4 is 27.3 Å². The van der Waals surface area contributed by atoms with Crippen molar-refractivity contribution in [2.45, 2.75) is 18.9 Å². The molecule has 1 aliphatic heterocycles. The molecule has 16 heavy (non-hydrogen) atoms. The Morgan fingerprint density at radius 2 is 2.31 bits per heavy atom. The number of Topliss-reactive ketones (excluding diaryl/α,β-unsaturated/α-hetero) is 1. The number of hydrogen-bond donors (Lipinski definition) is 1. The molecule has 1 aliphatic rings. The molecule has 1 atom stereocenters. The Kier molecular flexibility index (Phi) is 2.46. The Morgan fingerprint density at radius 3 is 3.06 bits per heavy atom. The van der Waals surface area contributed by atoms with Crippen molar-refractivity contribution < 1.29 is 4.79 Å². The molecule has 0 spiro atoms. The summed E-state index contributed by atoms with van der Waals surface area (Å²) < 4.78 is 1.09. The molecule has 1 fully saturated rings. The second kappa shape index (κ2) is 3.96. The zero-order valence-corrected chi connectivity index (χ0v) is 9.59. The number of nitrogens with zero attached hydrogens (tertiary/aromatic N) is 1. The summed E-state index contributed by atoms with van der Waals surface area (Å²) in [7, 11) is 0. The lowest BCUT2D eigenvalue weighted by Crippen LogP contribution is -2.30. The molecule has 0 radical (unpaired) electrons. The third-order valence-corrected chi connectivity index (χ3v) is 3.93. The van der Waals surface area contributed by atoms with E-state index >= 15 is 0 Å². The average Bonchev–Trinajstić information content (AvgIpc) is 2.97. The van der Waals surface area contributed by atoms with Gasteiger partial charge in [0, 0.05) is 0 Å². The van der Waals surface area contributed by atoms with E-state index in [4.69, 9.17) is 0 Å². The lowest BCUT2D eigenvalue weighted by Gasteiger charge is -2.04. The molecule has 0 bridgehead atoms. The largest absolute Gasteiger partial charge is 0.307 e. The van der Waals surface area contributed by atoms with Crippen molar-refractivity contribution in [2.24, 2.45) is 0 Å². The predicted octanol–water partition coefficient (Wildman–Crippen LogP) is 2.23. The number of para-hydroxylation sites is 1. The van der Waals surface area contributed by atoms with Gasteiger partial charge in [0.25, 0.3) is 0 Å². The van der Waals surface area contributed by atoms with Crippen LogP contribution in [0.15, 0.2) is 24.3 Å². The number of thiazole rings is 1. The highest BCUT2D eigenvalue weighted by molar-refractivity contribution is 7.20. The maximum Gasteiger partial charge on any atom is 0.208 e. The van der Waals surface area contributed by atoms with E-state index in [0.717, 1.165) is 29.6 Å². The van der Waals surface area contributed by atoms with Gasteiger partial charge in [-0.3, -0.25) is 4.79 Å². The van der Waals surface area contributed by atoms with E-state index in [-0.39, 0.29) is 11.8 Å². The van der Waals surface area contributed by atoms with Crippen LogP contribution in [0.1, 0.15) is 22.6 Å². The minimum atomic E-state index is -0.0134. The van der Waals surface area contributed by atoms with Crippen LogP contribution in [0.3, 0.4) is 0 Å². The van der Waals surface area contributed by atoms with E-state index in [1.54, 1.807) is 0 Å². The lowest BCUT2D eigenvalue weighted by atomic mass is 10.1. The number of ketones is 1. The smallest absolute Gasteiger partial charge is 0.208 e. The summed E-state index contributed by atoms with van der Waals surface area (Å²) in [5, 5.41) is 3.86. The van der Waals surface area contributed by atoms with Crippen LogP contribution < -0.4 is 5.32 Å². The molecule has 0 saturated carbocycles. The zero-order chi connectivity index (χ0) is 11.0. The van der Waals surface area contributed by atoms with E-state index in [9.17, 15) is 4.79 Å². The summed E-state index contributed by atoms with van der Waals surface area (Å²) in [6, 6.07) is 7.86. The lowest BCUT2D eigenvalue weighted by molar-refractivity contribution is 0.0952. The average molecular weight is 232 g/mol. The molecule has 0 aliphatic carbocycles. The van der Waals surface area contributed by atoms with E-state index in [1.807, 2.05) is 24.3 Å². The number of hydrogen-bond acceptors (Lipinski definition) is 4. The molecule has 1 aromatic carbocycles. The van der Waals surface area contributed by atoms with Crippen molar-refractivity contribution in [3.8, 4) is 0 Å². The van der Waals surface area contributed by atoms with Crippen LogP contribution >= 0.6 is 11.3 Å². The van der Waals surface area contributed by atoms with Crippen molar-refractivity contribution in [3.05, 3.63) is 29.3 Å². The molecule has 3 rings (SSSR count). The Balaban J connectivity index is 1.96. The second-order valence-electron chi connectivity index (χ2n) is 4.00. The number of benzene rings is 1. The second-order valence-corrected chi connectivity index (χ2v) is 5.03. The maximum absolute atomic E-state index is 12.1. The third-order valence-electron chi connectivity index (χ3n) is 2.88. The molecule has 1 N–H and O–H groups in total. The van der Waals surface area contributed by atoms with Gasteiger partial charge in [0.2, 0.25) is 5.78 Å². The predicted molar refractivity (Wildman–Crippen MR) is 65.0 cm³/mol. The summed E-state index contributed by atoms with van der Waals surface area (Å²) in [6.07, 6.45) is 2.02. The first-order chi connectivity index (χ1) is 7.84. The molecule has 4 heteroatoms. The number of aromatic nitrogens is 1. The summed E-state index contributed by atoms with van der Waals surface area (Å²) in [5.74, 6) is 0.152. The summed E-state index contributed by atoms with van der Waals surface area (Å²) >= 11 is 1.49. The number of fused-ring (bicyclic) bond motifs is 1. The molecular weight excluding hydrogens is 220 g/mol. The molecule has 3 nitrogen and oxygen atoms in total. The van der Waals surface area contributed by atoms with Gasteiger partial charge in [-0.25, -0.2) is 4.98 Å². The summed E-state index contributed by atoms with van der Waals surface area (Å²) in [4.78, 5) is 16.5. The van der Waals surface area contributed by atoms with Crippen LogP contribution in [-0.2, 0) is 0 Å². The van der Waals surface area contributed by atoms with Crippen LogP contribution in [0.25, 0.3) is 10.2 Å². The molecular formula is C12H12N2OS. The Morgan fingerprint density at radius 1 is 1.44 bits per heavy atom. The molecule has 0 amide bonds. The monoisotopic (exact) mass is 232 g/mol. The fourth-order valence-corrected chi connectivity index (χ4v) is 2.99. The Labute approximate surface area is 97.5 Å². The van der Waals surface area contributed by atoms with E-state index < -0.39 is 0 Å². The number of nitrogens with one attached hydrogen (secondary N) is 1. The highest BCUT2D eigenvalue weighted by atomic mass is 32.1. The van der Waals surface area contributed by atoms with E-state index in [0.29, 0.717) is 5.01 Å². The standard InChI is InChI=1S/C12H12N2OS/c15-11(9-5-3-7-13-9)12-14-8-4-1-2-6-10(8)16-12/h1-2,4,6,9,13H,3,5,7H2/t9-/m0/s1.